The van der Waals surface area contributed by atoms with Crippen LogP contribution in [0.5, 0.6) is 0 Å². The van der Waals surface area contributed by atoms with Gasteiger partial charge in [0, 0.05) is 25.3 Å². The highest BCUT2D eigenvalue weighted by Crippen LogP contribution is 2.25. The molecule has 7 nitrogen and oxygen atoms in total. The molecule has 0 atom stereocenters. The molecule has 1 saturated heterocycles. The Kier molecular flexibility index (Phi) is 7.94. The first kappa shape index (κ1) is 23.5. The van der Waals surface area contributed by atoms with Crippen molar-refractivity contribution in [1.29, 1.82) is 0 Å². The summed E-state index contributed by atoms with van der Waals surface area (Å²) in [5, 5.41) is 5.60. The molecule has 31 heavy (non-hydrogen) atoms. The first-order chi connectivity index (χ1) is 14.8. The van der Waals surface area contributed by atoms with Crippen molar-refractivity contribution >= 4 is 50.7 Å². The molecule has 3 rings (SSSR count). The molecule has 166 valence electrons. The second-order valence-corrected chi connectivity index (χ2v) is 9.95. The minimum Gasteiger partial charge on any atom is -0.347 e. The van der Waals surface area contributed by atoms with Crippen LogP contribution in [-0.2, 0) is 26.0 Å². The molecular formula is C21H23Cl2N3O4S. The minimum atomic E-state index is -3.47. The summed E-state index contributed by atoms with van der Waals surface area (Å²) in [5.41, 5.74) is 1.21. The third kappa shape index (κ3) is 6.20. The molecule has 1 heterocycles. The van der Waals surface area contributed by atoms with E-state index in [9.17, 15) is 18.0 Å². The zero-order valence-electron chi connectivity index (χ0n) is 16.7. The van der Waals surface area contributed by atoms with Gasteiger partial charge >= 0.3 is 11.8 Å². The van der Waals surface area contributed by atoms with Gasteiger partial charge in [0.05, 0.1) is 14.9 Å². The van der Waals surface area contributed by atoms with Gasteiger partial charge in [0.1, 0.15) is 0 Å². The van der Waals surface area contributed by atoms with Crippen LogP contribution in [0.2, 0.25) is 10.0 Å². The van der Waals surface area contributed by atoms with E-state index in [-0.39, 0.29) is 16.5 Å². The number of hydrogen-bond acceptors (Lipinski definition) is 4. The highest BCUT2D eigenvalue weighted by atomic mass is 35.5. The first-order valence-electron chi connectivity index (χ1n) is 9.91. The monoisotopic (exact) mass is 483 g/mol. The quantitative estimate of drug-likeness (QED) is 0.614. The van der Waals surface area contributed by atoms with Gasteiger partial charge in [-0.05, 0) is 55.2 Å². The lowest BCUT2D eigenvalue weighted by atomic mass is 10.1. The van der Waals surface area contributed by atoms with Crippen LogP contribution in [0.25, 0.3) is 0 Å². The van der Waals surface area contributed by atoms with E-state index in [1.54, 1.807) is 30.3 Å². The van der Waals surface area contributed by atoms with Crippen LogP contribution in [0.15, 0.2) is 47.4 Å². The summed E-state index contributed by atoms with van der Waals surface area (Å²) < 4.78 is 26.9. The van der Waals surface area contributed by atoms with Gasteiger partial charge in [-0.3, -0.25) is 9.59 Å². The number of benzene rings is 2. The maximum Gasteiger partial charge on any atom is 0.313 e. The molecule has 10 heteroatoms. The van der Waals surface area contributed by atoms with E-state index in [1.165, 1.54) is 16.4 Å². The van der Waals surface area contributed by atoms with Crippen LogP contribution in [0, 0.1) is 0 Å². The van der Waals surface area contributed by atoms with Crippen LogP contribution >= 0.6 is 23.2 Å². The Morgan fingerprint density at radius 1 is 0.903 bits per heavy atom. The van der Waals surface area contributed by atoms with Gasteiger partial charge in [0.15, 0.2) is 0 Å². The number of rotatable bonds is 6. The van der Waals surface area contributed by atoms with Crippen molar-refractivity contribution < 1.29 is 18.0 Å². The fourth-order valence-corrected chi connectivity index (χ4v) is 5.06. The van der Waals surface area contributed by atoms with Crippen LogP contribution in [-0.4, -0.2) is 44.2 Å². The standard InChI is InChI=1S/C21H23Cl2N3O4S/c22-18-9-6-16(14-19(18)23)25-21(28)20(27)24-11-10-15-4-7-17(8-5-15)31(29,30)26-12-2-1-3-13-26/h4-9,14H,1-3,10-13H2,(H,24,27)(H,25,28). The molecule has 0 radical (unpaired) electrons. The summed E-state index contributed by atoms with van der Waals surface area (Å²) in [7, 11) is -3.47. The van der Waals surface area contributed by atoms with Crippen molar-refractivity contribution in [2.45, 2.75) is 30.6 Å². The molecular weight excluding hydrogens is 461 g/mol. The van der Waals surface area contributed by atoms with Crippen LogP contribution in [0.1, 0.15) is 24.8 Å². The number of halogens is 2. The fraction of sp³-hybridized carbons (Fsp3) is 0.333. The van der Waals surface area contributed by atoms with Crippen molar-refractivity contribution in [3.8, 4) is 0 Å². The average molecular weight is 484 g/mol. The number of nitrogens with one attached hydrogen (secondary N) is 2. The maximum atomic E-state index is 12.7. The predicted octanol–water partition coefficient (Wildman–Crippen LogP) is 3.47. The zero-order chi connectivity index (χ0) is 22.4. The maximum absolute atomic E-state index is 12.7. The number of hydrogen-bond donors (Lipinski definition) is 2. The van der Waals surface area contributed by atoms with E-state index >= 15 is 0 Å². The number of sulfonamides is 1. The van der Waals surface area contributed by atoms with E-state index in [4.69, 9.17) is 23.2 Å². The number of carbonyl (C=O) groups excluding carboxylic acids is 2. The molecule has 1 aliphatic rings. The molecule has 2 aromatic rings. The zero-order valence-corrected chi connectivity index (χ0v) is 19.1. The van der Waals surface area contributed by atoms with Gasteiger partial charge in [-0.1, -0.05) is 41.8 Å². The van der Waals surface area contributed by atoms with Gasteiger partial charge in [0.25, 0.3) is 0 Å². The normalized spacial score (nSPS) is 14.8. The molecule has 2 aromatic carbocycles. The van der Waals surface area contributed by atoms with Crippen LogP contribution in [0.3, 0.4) is 0 Å². The van der Waals surface area contributed by atoms with Crippen molar-refractivity contribution in [2.24, 2.45) is 0 Å². The Labute approximate surface area is 191 Å². The lowest BCUT2D eigenvalue weighted by molar-refractivity contribution is -0.136. The molecule has 2 amide bonds. The summed E-state index contributed by atoms with van der Waals surface area (Å²) in [4.78, 5) is 24.2. The molecule has 0 aliphatic carbocycles. The van der Waals surface area contributed by atoms with Crippen molar-refractivity contribution in [3.05, 3.63) is 58.1 Å². The largest absolute Gasteiger partial charge is 0.347 e. The molecule has 0 spiro atoms. The van der Waals surface area contributed by atoms with E-state index < -0.39 is 21.8 Å². The number of nitrogens with zero attached hydrogens (tertiary/aromatic N) is 1. The van der Waals surface area contributed by atoms with Crippen LogP contribution in [0.4, 0.5) is 5.69 Å². The Hall–Kier alpha value is -2.13. The Bertz CT molecular complexity index is 1050. The molecule has 0 aromatic heterocycles. The molecule has 0 saturated carbocycles. The van der Waals surface area contributed by atoms with Crippen molar-refractivity contribution in [1.82, 2.24) is 9.62 Å². The van der Waals surface area contributed by atoms with Crippen molar-refractivity contribution in [3.63, 3.8) is 0 Å². The van der Waals surface area contributed by atoms with E-state index in [0.717, 1.165) is 24.8 Å². The highest BCUT2D eigenvalue weighted by Gasteiger charge is 2.25. The summed E-state index contributed by atoms with van der Waals surface area (Å²) in [6.07, 6.45) is 3.28. The van der Waals surface area contributed by atoms with E-state index in [1.807, 2.05) is 0 Å². The molecule has 0 unspecified atom stereocenters. The number of piperidine rings is 1. The Balaban J connectivity index is 1.49. The molecule has 1 aliphatic heterocycles. The van der Waals surface area contributed by atoms with Gasteiger partial charge in [0.2, 0.25) is 10.0 Å². The van der Waals surface area contributed by atoms with E-state index in [2.05, 4.69) is 10.6 Å². The summed E-state index contributed by atoms with van der Waals surface area (Å²) in [6, 6.07) is 11.1. The average Bonchev–Trinajstić information content (AvgIpc) is 2.77. The highest BCUT2D eigenvalue weighted by molar-refractivity contribution is 7.89. The smallest absolute Gasteiger partial charge is 0.313 e. The van der Waals surface area contributed by atoms with Crippen LogP contribution < -0.4 is 10.6 Å². The molecule has 2 N–H and O–H groups in total. The second-order valence-electron chi connectivity index (χ2n) is 7.20. The van der Waals surface area contributed by atoms with Gasteiger partial charge in [-0.2, -0.15) is 4.31 Å². The fourth-order valence-electron chi connectivity index (χ4n) is 3.24. The number of amides is 2. The first-order valence-corrected chi connectivity index (χ1v) is 12.1. The SMILES string of the molecule is O=C(NCCc1ccc(S(=O)(=O)N2CCCCC2)cc1)C(=O)Nc1ccc(Cl)c(Cl)c1. The molecule has 0 bridgehead atoms. The van der Waals surface area contributed by atoms with Crippen molar-refractivity contribution in [2.75, 3.05) is 25.0 Å². The number of carbonyl (C=O) groups is 2. The third-order valence-corrected chi connectivity index (χ3v) is 7.61. The second kappa shape index (κ2) is 10.5. The lowest BCUT2D eigenvalue weighted by Crippen LogP contribution is -2.36. The Morgan fingerprint density at radius 2 is 1.58 bits per heavy atom. The van der Waals surface area contributed by atoms with Gasteiger partial charge < -0.3 is 10.6 Å². The van der Waals surface area contributed by atoms with Gasteiger partial charge in [-0.25, -0.2) is 8.42 Å². The summed E-state index contributed by atoms with van der Waals surface area (Å²) in [5.74, 6) is -1.60. The lowest BCUT2D eigenvalue weighted by Gasteiger charge is -2.25. The number of anilines is 1. The van der Waals surface area contributed by atoms with Gasteiger partial charge in [-0.15, -0.1) is 0 Å². The topological polar surface area (TPSA) is 95.6 Å². The third-order valence-electron chi connectivity index (χ3n) is 4.96. The Morgan fingerprint density at radius 3 is 2.23 bits per heavy atom. The summed E-state index contributed by atoms with van der Waals surface area (Å²) in [6.45, 7) is 1.34. The van der Waals surface area contributed by atoms with E-state index in [0.29, 0.717) is 30.2 Å². The predicted molar refractivity (Wildman–Crippen MR) is 121 cm³/mol. The summed E-state index contributed by atoms with van der Waals surface area (Å²) >= 11 is 11.7. The minimum absolute atomic E-state index is 0.228. The molecule has 1 fully saturated rings.